The maximum Gasteiger partial charge on any atom is 0.266 e. The van der Waals surface area contributed by atoms with Gasteiger partial charge in [0.05, 0.1) is 6.61 Å². The number of aromatic nitrogens is 1. The van der Waals surface area contributed by atoms with Gasteiger partial charge < -0.3 is 20.2 Å². The molecular weight excluding hydrogens is 514 g/mol. The van der Waals surface area contributed by atoms with Gasteiger partial charge in [-0.15, -0.1) is 0 Å². The number of hydrogen-bond donors (Lipinski definition) is 2. The average Bonchev–Trinajstić information content (AvgIpc) is 3.28. The molecule has 0 aliphatic carbocycles. The predicted molar refractivity (Wildman–Crippen MR) is 142 cm³/mol. The number of halogens is 1. The predicted octanol–water partition coefficient (Wildman–Crippen LogP) is 4.36. The summed E-state index contributed by atoms with van der Waals surface area (Å²) >= 11 is 6.12. The van der Waals surface area contributed by atoms with Gasteiger partial charge in [0.2, 0.25) is 10.0 Å². The van der Waals surface area contributed by atoms with Crippen molar-refractivity contribution in [2.45, 2.75) is 17.9 Å². The number of fused-ring (bicyclic) bond motifs is 1. The van der Waals surface area contributed by atoms with Crippen molar-refractivity contribution >= 4 is 38.4 Å². The van der Waals surface area contributed by atoms with Crippen LogP contribution in [0.3, 0.4) is 0 Å². The van der Waals surface area contributed by atoms with Gasteiger partial charge in [-0.3, -0.25) is 4.79 Å². The zero-order valence-electron chi connectivity index (χ0n) is 20.1. The van der Waals surface area contributed by atoms with Crippen LogP contribution < -0.4 is 10.5 Å². The second kappa shape index (κ2) is 10.2. The number of ether oxygens (including phenoxy) is 2. The van der Waals surface area contributed by atoms with Crippen LogP contribution in [0.4, 0.5) is 0 Å². The standard InChI is InChI=1S/C27H26ClN3O5S/c1-17-4-2-3-5-22(17)18-6-9-20(10-7-18)36-16-21-15-31(12-13-35-21)37(33,34)26-23-14-19(28)8-11-24(23)30-25(26)27(29)32/h2-11,14,21,30H,12-13,15-16H2,1H3,(H2,29,32)/t21-/m0/s1. The lowest BCUT2D eigenvalue weighted by atomic mass is 10.0. The number of primary amides is 1. The molecule has 0 saturated carbocycles. The molecule has 5 rings (SSSR count). The highest BCUT2D eigenvalue weighted by Crippen LogP contribution is 2.32. The Morgan fingerprint density at radius 3 is 2.65 bits per heavy atom. The van der Waals surface area contributed by atoms with Gasteiger partial charge in [-0.05, 0) is 53.9 Å². The minimum Gasteiger partial charge on any atom is -0.491 e. The molecular formula is C27H26ClN3O5S. The van der Waals surface area contributed by atoms with Crippen molar-refractivity contribution in [1.29, 1.82) is 0 Å². The Morgan fingerprint density at radius 1 is 1.16 bits per heavy atom. The summed E-state index contributed by atoms with van der Waals surface area (Å²) in [7, 11) is -4.09. The number of morpholine rings is 1. The number of sulfonamides is 1. The van der Waals surface area contributed by atoms with Gasteiger partial charge in [-0.25, -0.2) is 8.42 Å². The number of carbonyl (C=O) groups is 1. The normalized spacial score (nSPS) is 16.6. The molecule has 1 aliphatic rings. The lowest BCUT2D eigenvalue weighted by molar-refractivity contribution is -0.0249. The Kier molecular flexibility index (Phi) is 6.96. The highest BCUT2D eigenvalue weighted by molar-refractivity contribution is 7.89. The average molecular weight is 540 g/mol. The third kappa shape index (κ3) is 5.08. The number of benzene rings is 3. The highest BCUT2D eigenvalue weighted by Gasteiger charge is 2.36. The molecule has 1 atom stereocenters. The Morgan fingerprint density at radius 2 is 1.92 bits per heavy atom. The number of nitrogens with two attached hydrogens (primary N) is 1. The zero-order chi connectivity index (χ0) is 26.2. The van der Waals surface area contributed by atoms with Gasteiger partial charge in [-0.2, -0.15) is 4.31 Å². The van der Waals surface area contributed by atoms with Crippen LogP contribution in [0.15, 0.2) is 71.6 Å². The van der Waals surface area contributed by atoms with Gasteiger partial charge in [0, 0.05) is 29.0 Å². The van der Waals surface area contributed by atoms with E-state index < -0.39 is 22.0 Å². The SMILES string of the molecule is Cc1ccccc1-c1ccc(OC[C@@H]2CN(S(=O)(=O)c3c(C(N)=O)[nH]c4ccc(Cl)cc34)CCO2)cc1. The smallest absolute Gasteiger partial charge is 0.266 e. The van der Waals surface area contributed by atoms with E-state index in [1.165, 1.54) is 15.9 Å². The molecule has 0 bridgehead atoms. The van der Waals surface area contributed by atoms with Gasteiger partial charge in [0.25, 0.3) is 5.91 Å². The molecule has 8 nitrogen and oxygen atoms in total. The van der Waals surface area contributed by atoms with Gasteiger partial charge >= 0.3 is 0 Å². The molecule has 0 radical (unpaired) electrons. The minimum atomic E-state index is -4.09. The molecule has 1 aliphatic heterocycles. The van der Waals surface area contributed by atoms with Crippen molar-refractivity contribution in [3.63, 3.8) is 0 Å². The first kappa shape index (κ1) is 25.3. The summed E-state index contributed by atoms with van der Waals surface area (Å²) in [4.78, 5) is 14.7. The monoisotopic (exact) mass is 539 g/mol. The third-order valence-corrected chi connectivity index (χ3v) is 8.59. The van der Waals surface area contributed by atoms with E-state index in [2.05, 4.69) is 24.0 Å². The van der Waals surface area contributed by atoms with E-state index >= 15 is 0 Å². The number of carbonyl (C=O) groups excluding carboxylic acids is 1. The topological polar surface area (TPSA) is 115 Å². The molecule has 4 aromatic rings. The van der Waals surface area contributed by atoms with E-state index in [-0.39, 0.29) is 36.9 Å². The number of nitrogens with one attached hydrogen (secondary N) is 1. The third-order valence-electron chi connectivity index (χ3n) is 6.41. The molecule has 0 spiro atoms. The van der Waals surface area contributed by atoms with E-state index in [0.29, 0.717) is 21.7 Å². The van der Waals surface area contributed by atoms with Crippen LogP contribution >= 0.6 is 11.6 Å². The van der Waals surface area contributed by atoms with E-state index in [1.807, 2.05) is 36.4 Å². The maximum absolute atomic E-state index is 13.7. The van der Waals surface area contributed by atoms with E-state index in [9.17, 15) is 13.2 Å². The molecule has 1 fully saturated rings. The molecule has 0 unspecified atom stereocenters. The summed E-state index contributed by atoms with van der Waals surface area (Å²) in [5, 5.41) is 0.662. The summed E-state index contributed by atoms with van der Waals surface area (Å²) in [6.45, 7) is 2.62. The molecule has 1 saturated heterocycles. The molecule has 10 heteroatoms. The summed E-state index contributed by atoms with van der Waals surface area (Å²) in [6.07, 6.45) is -0.495. The lowest BCUT2D eigenvalue weighted by Crippen LogP contribution is -2.47. The fraction of sp³-hybridized carbons (Fsp3) is 0.222. The minimum absolute atomic E-state index is 0.0646. The van der Waals surface area contributed by atoms with Gasteiger partial charge in [0.15, 0.2) is 0 Å². The van der Waals surface area contributed by atoms with Crippen LogP contribution in [0.5, 0.6) is 5.75 Å². The van der Waals surface area contributed by atoms with Crippen molar-refractivity contribution in [2.24, 2.45) is 5.73 Å². The Bertz CT molecular complexity index is 1570. The summed E-state index contributed by atoms with van der Waals surface area (Å²) < 4.78 is 40.4. The van der Waals surface area contributed by atoms with Crippen molar-refractivity contribution in [1.82, 2.24) is 9.29 Å². The number of rotatable bonds is 7. The van der Waals surface area contributed by atoms with Gasteiger partial charge in [-0.1, -0.05) is 48.0 Å². The van der Waals surface area contributed by atoms with Crippen LogP contribution in [-0.4, -0.2) is 56.0 Å². The Labute approximate surface area is 220 Å². The van der Waals surface area contributed by atoms with Crippen LogP contribution in [0.1, 0.15) is 16.1 Å². The largest absolute Gasteiger partial charge is 0.491 e. The molecule has 1 amide bonds. The molecule has 3 aromatic carbocycles. The summed E-state index contributed by atoms with van der Waals surface area (Å²) in [5.74, 6) is -0.212. The highest BCUT2D eigenvalue weighted by atomic mass is 35.5. The van der Waals surface area contributed by atoms with E-state index in [0.717, 1.165) is 11.1 Å². The van der Waals surface area contributed by atoms with Crippen molar-refractivity contribution in [3.05, 3.63) is 83.0 Å². The van der Waals surface area contributed by atoms with E-state index in [4.69, 9.17) is 26.8 Å². The zero-order valence-corrected chi connectivity index (χ0v) is 21.7. The van der Waals surface area contributed by atoms with Crippen molar-refractivity contribution in [3.8, 4) is 16.9 Å². The van der Waals surface area contributed by atoms with E-state index in [1.54, 1.807) is 12.1 Å². The first-order valence-corrected chi connectivity index (χ1v) is 13.6. The fourth-order valence-electron chi connectivity index (χ4n) is 4.54. The second-order valence-electron chi connectivity index (χ2n) is 8.89. The fourth-order valence-corrected chi connectivity index (χ4v) is 6.50. The molecule has 37 heavy (non-hydrogen) atoms. The molecule has 1 aromatic heterocycles. The Balaban J connectivity index is 1.32. The van der Waals surface area contributed by atoms with Crippen LogP contribution in [0, 0.1) is 6.92 Å². The number of aromatic amines is 1. The van der Waals surface area contributed by atoms with Crippen LogP contribution in [-0.2, 0) is 14.8 Å². The second-order valence-corrected chi connectivity index (χ2v) is 11.2. The number of aryl methyl sites for hydroxylation is 1. The first-order valence-electron chi connectivity index (χ1n) is 11.8. The Hall–Kier alpha value is -3.37. The van der Waals surface area contributed by atoms with Crippen LogP contribution in [0.2, 0.25) is 5.02 Å². The maximum atomic E-state index is 13.7. The van der Waals surface area contributed by atoms with Crippen molar-refractivity contribution in [2.75, 3.05) is 26.3 Å². The quantitative estimate of drug-likeness (QED) is 0.362. The summed E-state index contributed by atoms with van der Waals surface area (Å²) in [6, 6.07) is 20.6. The number of nitrogens with zero attached hydrogens (tertiary/aromatic N) is 1. The molecule has 2 heterocycles. The van der Waals surface area contributed by atoms with Gasteiger partial charge in [0.1, 0.15) is 29.0 Å². The molecule has 3 N–H and O–H groups in total. The summed E-state index contributed by atoms with van der Waals surface area (Å²) in [5.41, 5.74) is 9.21. The molecule has 192 valence electrons. The first-order chi connectivity index (χ1) is 17.7. The number of hydrogen-bond acceptors (Lipinski definition) is 5. The number of amides is 1. The lowest BCUT2D eigenvalue weighted by Gasteiger charge is -2.32. The van der Waals surface area contributed by atoms with Crippen molar-refractivity contribution < 1.29 is 22.7 Å². The van der Waals surface area contributed by atoms with Crippen LogP contribution in [0.25, 0.3) is 22.0 Å². The number of H-pyrrole nitrogens is 1.